The summed E-state index contributed by atoms with van der Waals surface area (Å²) in [5.41, 5.74) is 6.10. The molecule has 208 valence electrons. The number of nitrogens with one attached hydrogen (secondary N) is 1. The zero-order chi connectivity index (χ0) is 28.4. The second-order valence-corrected chi connectivity index (χ2v) is 10.4. The number of anilines is 5. The van der Waals surface area contributed by atoms with E-state index in [4.69, 9.17) is 4.98 Å². The van der Waals surface area contributed by atoms with Gasteiger partial charge in [0.1, 0.15) is 5.82 Å². The van der Waals surface area contributed by atoms with Crippen LogP contribution in [0.25, 0.3) is 0 Å². The molecule has 0 saturated carbocycles. The summed E-state index contributed by atoms with van der Waals surface area (Å²) in [6.07, 6.45) is 3.34. The van der Waals surface area contributed by atoms with Crippen molar-refractivity contribution in [3.8, 4) is 0 Å². The van der Waals surface area contributed by atoms with Crippen LogP contribution in [-0.4, -0.2) is 71.7 Å². The summed E-state index contributed by atoms with van der Waals surface area (Å²) in [5.74, 6) is -0.0240. The van der Waals surface area contributed by atoms with Crippen LogP contribution in [0.3, 0.4) is 0 Å². The molecule has 0 radical (unpaired) electrons. The first-order chi connectivity index (χ1) is 19.2. The third kappa shape index (κ3) is 5.48. The molecular formula is C30H35N7O3. The summed E-state index contributed by atoms with van der Waals surface area (Å²) < 4.78 is 0. The zero-order valence-electron chi connectivity index (χ0n) is 23.2. The molecule has 0 atom stereocenters. The number of carboxylic acids is 1. The lowest BCUT2D eigenvalue weighted by Crippen LogP contribution is -2.48. The van der Waals surface area contributed by atoms with Gasteiger partial charge in [-0.15, -0.1) is 6.58 Å². The molecule has 0 spiro atoms. The molecule has 2 aromatic carbocycles. The van der Waals surface area contributed by atoms with E-state index in [-0.39, 0.29) is 12.5 Å². The van der Waals surface area contributed by atoms with Crippen molar-refractivity contribution in [1.29, 1.82) is 0 Å². The van der Waals surface area contributed by atoms with Crippen LogP contribution in [0.1, 0.15) is 22.3 Å². The van der Waals surface area contributed by atoms with Gasteiger partial charge in [0.05, 0.1) is 18.7 Å². The molecule has 40 heavy (non-hydrogen) atoms. The average Bonchev–Trinajstić information content (AvgIpc) is 2.91. The van der Waals surface area contributed by atoms with Crippen molar-refractivity contribution in [2.75, 3.05) is 59.8 Å². The van der Waals surface area contributed by atoms with Gasteiger partial charge in [0.15, 0.2) is 0 Å². The second kappa shape index (κ2) is 11.4. The maximum Gasteiger partial charge on any atom is 0.330 e. The maximum atomic E-state index is 13.7. The molecule has 1 saturated heterocycles. The summed E-state index contributed by atoms with van der Waals surface area (Å²) in [7, 11) is 2.09. The highest BCUT2D eigenvalue weighted by atomic mass is 16.4. The normalized spacial score (nSPS) is 15.7. The van der Waals surface area contributed by atoms with Gasteiger partial charge in [-0.25, -0.2) is 9.78 Å². The number of carboxylic acid groups (broad SMARTS) is 1. The molecule has 0 aliphatic carbocycles. The fourth-order valence-electron chi connectivity index (χ4n) is 5.43. The number of aryl methyl sites for hydroxylation is 2. The molecule has 1 fully saturated rings. The van der Waals surface area contributed by atoms with Gasteiger partial charge < -0.3 is 20.2 Å². The van der Waals surface area contributed by atoms with Gasteiger partial charge in [0.25, 0.3) is 0 Å². The minimum absolute atomic E-state index is 0.0853. The number of hydrogen-bond acceptors (Lipinski definition) is 7. The lowest BCUT2D eigenvalue weighted by molar-refractivity contribution is -0.136. The molecule has 3 heterocycles. The van der Waals surface area contributed by atoms with Crippen molar-refractivity contribution in [1.82, 2.24) is 14.9 Å². The predicted molar refractivity (Wildman–Crippen MR) is 158 cm³/mol. The first-order valence-electron chi connectivity index (χ1n) is 13.4. The number of para-hydroxylation sites is 1. The Labute approximate surface area is 234 Å². The van der Waals surface area contributed by atoms with Gasteiger partial charge in [0, 0.05) is 55.9 Å². The molecule has 2 N–H and O–H groups in total. The Bertz CT molecular complexity index is 1430. The number of amides is 2. The van der Waals surface area contributed by atoms with Gasteiger partial charge in [-0.2, -0.15) is 4.98 Å². The van der Waals surface area contributed by atoms with Crippen molar-refractivity contribution >= 4 is 40.8 Å². The number of hydrogen-bond donors (Lipinski definition) is 2. The third-order valence-corrected chi connectivity index (χ3v) is 7.43. The largest absolute Gasteiger partial charge is 0.481 e. The monoisotopic (exact) mass is 541 g/mol. The summed E-state index contributed by atoms with van der Waals surface area (Å²) in [5, 5.41) is 12.8. The summed E-state index contributed by atoms with van der Waals surface area (Å²) in [6, 6.07) is 11.5. The number of benzene rings is 2. The number of likely N-dealkylation sites (N-methyl/N-ethyl adjacent to an activating group) is 1. The lowest BCUT2D eigenvalue weighted by atomic mass is 10.1. The Morgan fingerprint density at radius 3 is 2.52 bits per heavy atom. The van der Waals surface area contributed by atoms with Crippen LogP contribution in [0.5, 0.6) is 0 Å². The fraction of sp³-hybridized carbons (Fsp3) is 0.333. The van der Waals surface area contributed by atoms with Crippen LogP contribution in [-0.2, 0) is 17.8 Å². The number of aliphatic carboxylic acids is 1. The van der Waals surface area contributed by atoms with Crippen LogP contribution >= 0.6 is 0 Å². The Morgan fingerprint density at radius 1 is 1.12 bits per heavy atom. The molecule has 2 aliphatic rings. The molecule has 3 aromatic rings. The zero-order valence-corrected chi connectivity index (χ0v) is 23.2. The number of aromatic nitrogens is 2. The Morgan fingerprint density at radius 2 is 1.85 bits per heavy atom. The molecule has 2 amide bonds. The van der Waals surface area contributed by atoms with E-state index in [0.29, 0.717) is 30.5 Å². The summed E-state index contributed by atoms with van der Waals surface area (Å²) in [6.45, 7) is 12.0. The highest BCUT2D eigenvalue weighted by Gasteiger charge is 2.33. The van der Waals surface area contributed by atoms with Crippen LogP contribution in [0.4, 0.5) is 33.6 Å². The quantitative estimate of drug-likeness (QED) is 0.406. The van der Waals surface area contributed by atoms with Crippen molar-refractivity contribution in [2.24, 2.45) is 0 Å². The molecule has 10 heteroatoms. The Kier molecular flexibility index (Phi) is 7.70. The third-order valence-electron chi connectivity index (χ3n) is 7.43. The molecule has 10 nitrogen and oxygen atoms in total. The highest BCUT2D eigenvalue weighted by Crippen LogP contribution is 2.35. The average molecular weight is 542 g/mol. The Balaban J connectivity index is 1.44. The van der Waals surface area contributed by atoms with E-state index in [2.05, 4.69) is 33.7 Å². The van der Waals surface area contributed by atoms with Crippen molar-refractivity contribution in [3.05, 3.63) is 77.5 Å². The van der Waals surface area contributed by atoms with E-state index in [0.717, 1.165) is 59.8 Å². The number of rotatable bonds is 8. The SMILES string of the molecule is C=CCN1C(=O)N(c2c(C)cccc2C)Cc2cnc(Nc3ccc(N4CCN(C)CC4)c(CC(=O)O)c3)nc21. The highest BCUT2D eigenvalue weighted by molar-refractivity contribution is 6.06. The standard InChI is InChI=1S/C30H35N7O3/c1-5-11-36-28-23(19-37(30(36)40)27-20(2)7-6-8-21(27)3)18-31-29(33-28)32-24-9-10-25(22(16-24)17-26(38)39)35-14-12-34(4)13-15-35/h5-10,16,18H,1,11-15,17,19H2,2-4H3,(H,38,39)(H,31,32,33). The van der Waals surface area contributed by atoms with E-state index in [1.54, 1.807) is 22.1 Å². The van der Waals surface area contributed by atoms with Crippen LogP contribution in [0.2, 0.25) is 0 Å². The molecule has 0 bridgehead atoms. The van der Waals surface area contributed by atoms with E-state index < -0.39 is 5.97 Å². The van der Waals surface area contributed by atoms with Crippen molar-refractivity contribution in [3.63, 3.8) is 0 Å². The maximum absolute atomic E-state index is 13.7. The van der Waals surface area contributed by atoms with Gasteiger partial charge in [-0.3, -0.25) is 14.6 Å². The number of urea groups is 1. The summed E-state index contributed by atoms with van der Waals surface area (Å²) >= 11 is 0. The van der Waals surface area contributed by atoms with Crippen molar-refractivity contribution in [2.45, 2.75) is 26.8 Å². The lowest BCUT2D eigenvalue weighted by Gasteiger charge is -2.37. The van der Waals surface area contributed by atoms with Crippen LogP contribution in [0, 0.1) is 13.8 Å². The van der Waals surface area contributed by atoms with Crippen LogP contribution < -0.4 is 20.0 Å². The van der Waals surface area contributed by atoms with Gasteiger partial charge in [-0.05, 0) is 55.8 Å². The number of piperazine rings is 1. The van der Waals surface area contributed by atoms with E-state index in [1.165, 1.54) is 0 Å². The first kappa shape index (κ1) is 27.1. The first-order valence-corrected chi connectivity index (χ1v) is 13.4. The number of fused-ring (bicyclic) bond motifs is 1. The minimum Gasteiger partial charge on any atom is -0.481 e. The van der Waals surface area contributed by atoms with Crippen LogP contribution in [0.15, 0.2) is 55.3 Å². The van der Waals surface area contributed by atoms with E-state index in [9.17, 15) is 14.7 Å². The van der Waals surface area contributed by atoms with Gasteiger partial charge in [0.2, 0.25) is 5.95 Å². The number of nitrogens with zero attached hydrogens (tertiary/aromatic N) is 6. The fourth-order valence-corrected chi connectivity index (χ4v) is 5.43. The molecule has 1 aromatic heterocycles. The molecule has 5 rings (SSSR count). The predicted octanol–water partition coefficient (Wildman–Crippen LogP) is 4.35. The van der Waals surface area contributed by atoms with E-state index in [1.807, 2.05) is 50.2 Å². The summed E-state index contributed by atoms with van der Waals surface area (Å²) in [4.78, 5) is 42.5. The topological polar surface area (TPSA) is 105 Å². The van der Waals surface area contributed by atoms with E-state index >= 15 is 0 Å². The van der Waals surface area contributed by atoms with Gasteiger partial charge in [-0.1, -0.05) is 24.3 Å². The second-order valence-electron chi connectivity index (χ2n) is 10.4. The number of carbonyl (C=O) groups is 2. The number of carbonyl (C=O) groups excluding carboxylic acids is 1. The molecule has 2 aliphatic heterocycles. The smallest absolute Gasteiger partial charge is 0.330 e. The van der Waals surface area contributed by atoms with Crippen molar-refractivity contribution < 1.29 is 14.7 Å². The minimum atomic E-state index is -0.885. The Hall–Kier alpha value is -4.44. The molecule has 0 unspecified atom stereocenters. The molecular weight excluding hydrogens is 506 g/mol. The van der Waals surface area contributed by atoms with Gasteiger partial charge >= 0.3 is 12.0 Å².